The van der Waals surface area contributed by atoms with Gasteiger partial charge in [0.15, 0.2) is 0 Å². The number of nitrogens with one attached hydrogen (secondary N) is 2. The summed E-state index contributed by atoms with van der Waals surface area (Å²) in [6.07, 6.45) is -9.91. The standard InChI is InChI=1S/C24H31N3O15S/c1-8(28)19-17(34)16(33)18(35)24(42-19)41-13-5-9(22(37)38)4-12(29)20(13)43-7-11(21(36)26-6-15(31)32)27-14(30)3-2-10(25)23(39)40/h4-5,10-11,16-19,24,28-29,33-35H,1-3,6-7,25H2,(H,26,36)(H,27,30)(H,31,32)(H,37,38)(H,39,40)/t10?,11?,16-,17-,18+,19?,24?/m0/s1. The van der Waals surface area contributed by atoms with Crippen molar-refractivity contribution < 1.29 is 74.3 Å². The van der Waals surface area contributed by atoms with Crippen molar-refractivity contribution in [3.05, 3.63) is 30.0 Å². The lowest BCUT2D eigenvalue weighted by Crippen LogP contribution is -2.59. The highest BCUT2D eigenvalue weighted by Gasteiger charge is 2.46. The Hall–Kier alpha value is -4.14. The lowest BCUT2D eigenvalue weighted by molar-refractivity contribution is -0.269. The van der Waals surface area contributed by atoms with Gasteiger partial charge in [-0.05, 0) is 18.6 Å². The predicted octanol–water partition coefficient (Wildman–Crippen LogP) is -2.68. The number of aliphatic carboxylic acids is 2. The molecule has 0 aliphatic carbocycles. The van der Waals surface area contributed by atoms with Gasteiger partial charge in [0, 0.05) is 12.2 Å². The van der Waals surface area contributed by atoms with E-state index in [1.807, 2.05) is 0 Å². The number of phenolic OH excluding ortho intramolecular Hbond substituents is 1. The lowest BCUT2D eigenvalue weighted by atomic mass is 9.98. The summed E-state index contributed by atoms with van der Waals surface area (Å²) in [7, 11) is 0. The monoisotopic (exact) mass is 633 g/mol. The first kappa shape index (κ1) is 35.1. The summed E-state index contributed by atoms with van der Waals surface area (Å²) in [5.74, 6) is -8.45. The number of carbonyl (C=O) groups is 5. The summed E-state index contributed by atoms with van der Waals surface area (Å²) in [5, 5.41) is 82.5. The van der Waals surface area contributed by atoms with E-state index >= 15 is 0 Å². The fourth-order valence-electron chi connectivity index (χ4n) is 3.60. The number of aliphatic hydroxyl groups is 4. The molecule has 1 aromatic rings. The molecular formula is C24H31N3O15S. The van der Waals surface area contributed by atoms with Crippen LogP contribution in [0.4, 0.5) is 0 Å². The Morgan fingerprint density at radius 3 is 2.26 bits per heavy atom. The number of ether oxygens (including phenoxy) is 2. The highest BCUT2D eigenvalue weighted by molar-refractivity contribution is 7.99. The number of thioether (sulfide) groups is 1. The van der Waals surface area contributed by atoms with Crippen LogP contribution in [-0.4, -0.2) is 126 Å². The average molecular weight is 634 g/mol. The molecule has 1 fully saturated rings. The molecule has 238 valence electrons. The van der Waals surface area contributed by atoms with E-state index in [1.54, 1.807) is 0 Å². The van der Waals surface area contributed by atoms with E-state index in [0.717, 1.165) is 12.1 Å². The van der Waals surface area contributed by atoms with Crippen LogP contribution < -0.4 is 21.1 Å². The fourth-order valence-corrected chi connectivity index (χ4v) is 4.63. The van der Waals surface area contributed by atoms with Gasteiger partial charge in [-0.1, -0.05) is 6.58 Å². The Kier molecular flexibility index (Phi) is 12.5. The maximum absolute atomic E-state index is 12.7. The van der Waals surface area contributed by atoms with Gasteiger partial charge in [0.25, 0.3) is 0 Å². The minimum atomic E-state index is -1.95. The molecule has 1 aliphatic rings. The number of aromatic hydroxyl groups is 1. The number of carboxylic acids is 3. The number of hydrogen-bond donors (Lipinski definition) is 11. The first-order valence-corrected chi connectivity index (χ1v) is 13.3. The van der Waals surface area contributed by atoms with Crippen LogP contribution in [0, 0.1) is 0 Å². The van der Waals surface area contributed by atoms with Gasteiger partial charge in [-0.15, -0.1) is 11.8 Å². The molecule has 0 aromatic heterocycles. The van der Waals surface area contributed by atoms with E-state index in [0.29, 0.717) is 11.8 Å². The molecule has 19 heteroatoms. The number of nitrogens with two attached hydrogens (primary N) is 1. The van der Waals surface area contributed by atoms with Gasteiger partial charge in [0.1, 0.15) is 60.3 Å². The van der Waals surface area contributed by atoms with Crippen LogP contribution in [0.5, 0.6) is 11.5 Å². The van der Waals surface area contributed by atoms with Gasteiger partial charge in [-0.3, -0.25) is 19.2 Å². The van der Waals surface area contributed by atoms with E-state index in [-0.39, 0.29) is 11.3 Å². The number of aliphatic hydroxyl groups excluding tert-OH is 4. The molecule has 12 N–H and O–H groups in total. The third kappa shape index (κ3) is 9.70. The Morgan fingerprint density at radius 2 is 1.70 bits per heavy atom. The molecule has 1 aliphatic heterocycles. The van der Waals surface area contributed by atoms with Crippen molar-refractivity contribution in [2.24, 2.45) is 5.73 Å². The molecule has 0 radical (unpaired) electrons. The maximum atomic E-state index is 12.7. The van der Waals surface area contributed by atoms with Crippen LogP contribution in [-0.2, 0) is 23.9 Å². The normalized spacial score (nSPS) is 22.9. The minimum Gasteiger partial charge on any atom is -0.510 e. The van der Waals surface area contributed by atoms with Crippen molar-refractivity contribution >= 4 is 41.5 Å². The van der Waals surface area contributed by atoms with Crippen LogP contribution in [0.2, 0.25) is 0 Å². The number of phenols is 1. The minimum absolute atomic E-state index is 0.265. The zero-order valence-corrected chi connectivity index (χ0v) is 23.0. The molecule has 0 saturated carbocycles. The van der Waals surface area contributed by atoms with Crippen LogP contribution in [0.25, 0.3) is 0 Å². The molecule has 2 amide bonds. The number of rotatable bonds is 15. The third-order valence-electron chi connectivity index (χ3n) is 5.88. The SMILES string of the molecule is C=C(O)C1OC(Oc2cc(C(=O)O)cc(O)c2SCC(NC(=O)CCC(N)C(=O)O)C(=O)NCC(=O)O)[C@H](O)[C@@H](O)[C@@H]1O. The Labute approximate surface area is 246 Å². The van der Waals surface area contributed by atoms with E-state index in [2.05, 4.69) is 17.2 Å². The van der Waals surface area contributed by atoms with Crippen LogP contribution in [0.1, 0.15) is 23.2 Å². The summed E-state index contributed by atoms with van der Waals surface area (Å²) in [4.78, 5) is 58.2. The van der Waals surface area contributed by atoms with E-state index in [9.17, 15) is 54.6 Å². The molecule has 0 spiro atoms. The van der Waals surface area contributed by atoms with Gasteiger partial charge < -0.3 is 66.7 Å². The molecular weight excluding hydrogens is 602 g/mol. The molecule has 1 heterocycles. The quantitative estimate of drug-likeness (QED) is 0.0692. The largest absolute Gasteiger partial charge is 0.510 e. The smallest absolute Gasteiger partial charge is 0.335 e. The molecule has 18 nitrogen and oxygen atoms in total. The number of carbonyl (C=O) groups excluding carboxylic acids is 2. The number of hydrogen-bond acceptors (Lipinski definition) is 14. The second-order valence-electron chi connectivity index (χ2n) is 9.16. The van der Waals surface area contributed by atoms with Gasteiger partial charge in [-0.25, -0.2) is 4.79 Å². The Bertz CT molecular complexity index is 1240. The second-order valence-corrected chi connectivity index (χ2v) is 10.2. The van der Waals surface area contributed by atoms with Crippen molar-refractivity contribution in [3.63, 3.8) is 0 Å². The second kappa shape index (κ2) is 15.4. The van der Waals surface area contributed by atoms with Crippen LogP contribution >= 0.6 is 11.8 Å². The molecule has 0 bridgehead atoms. The molecule has 43 heavy (non-hydrogen) atoms. The van der Waals surface area contributed by atoms with Crippen molar-refractivity contribution in [2.75, 3.05) is 12.3 Å². The first-order chi connectivity index (χ1) is 20.0. The van der Waals surface area contributed by atoms with Crippen molar-refractivity contribution in [1.82, 2.24) is 10.6 Å². The van der Waals surface area contributed by atoms with Crippen molar-refractivity contribution in [2.45, 2.75) is 60.5 Å². The zero-order chi connectivity index (χ0) is 32.6. The Balaban J connectivity index is 2.36. The fraction of sp³-hybridized carbons (Fsp3) is 0.458. The highest BCUT2D eigenvalue weighted by atomic mass is 32.2. The maximum Gasteiger partial charge on any atom is 0.335 e. The average Bonchev–Trinajstić information content (AvgIpc) is 2.92. The summed E-state index contributed by atoms with van der Waals surface area (Å²) < 4.78 is 10.8. The zero-order valence-electron chi connectivity index (χ0n) is 22.2. The van der Waals surface area contributed by atoms with Crippen molar-refractivity contribution in [3.8, 4) is 11.5 Å². The topological polar surface area (TPSA) is 316 Å². The molecule has 1 saturated heterocycles. The molecule has 2 rings (SSSR count). The molecule has 7 atom stereocenters. The highest BCUT2D eigenvalue weighted by Crippen LogP contribution is 2.40. The number of benzene rings is 1. The molecule has 1 aromatic carbocycles. The van der Waals surface area contributed by atoms with Crippen molar-refractivity contribution in [1.29, 1.82) is 0 Å². The Morgan fingerprint density at radius 1 is 1.05 bits per heavy atom. The number of aromatic carboxylic acids is 1. The van der Waals surface area contributed by atoms with Crippen LogP contribution in [0.15, 0.2) is 29.4 Å². The first-order valence-electron chi connectivity index (χ1n) is 12.3. The number of amides is 2. The summed E-state index contributed by atoms with van der Waals surface area (Å²) in [6.45, 7) is 2.38. The summed E-state index contributed by atoms with van der Waals surface area (Å²) >= 11 is 0.609. The van der Waals surface area contributed by atoms with Gasteiger partial charge >= 0.3 is 17.9 Å². The predicted molar refractivity (Wildman–Crippen MR) is 142 cm³/mol. The van der Waals surface area contributed by atoms with E-state index in [4.69, 9.17) is 25.4 Å². The van der Waals surface area contributed by atoms with Gasteiger partial charge in [0.2, 0.25) is 18.1 Å². The van der Waals surface area contributed by atoms with Gasteiger partial charge in [-0.2, -0.15) is 0 Å². The van der Waals surface area contributed by atoms with Crippen LogP contribution in [0.3, 0.4) is 0 Å². The van der Waals surface area contributed by atoms with E-state index in [1.165, 1.54) is 0 Å². The summed E-state index contributed by atoms with van der Waals surface area (Å²) in [5.41, 5.74) is 4.87. The van der Waals surface area contributed by atoms with E-state index < -0.39 is 114 Å². The summed E-state index contributed by atoms with van der Waals surface area (Å²) in [6, 6.07) is -1.15. The lowest BCUT2D eigenvalue weighted by Gasteiger charge is -2.39. The number of carboxylic acid groups (broad SMARTS) is 3. The third-order valence-corrected chi connectivity index (χ3v) is 7.08. The van der Waals surface area contributed by atoms with Gasteiger partial charge in [0.05, 0.1) is 10.5 Å². The molecule has 4 unspecified atom stereocenters.